The summed E-state index contributed by atoms with van der Waals surface area (Å²) in [5.74, 6) is -1.30. The monoisotopic (exact) mass is 394 g/mol. The summed E-state index contributed by atoms with van der Waals surface area (Å²) in [7, 11) is 1.52. The van der Waals surface area contributed by atoms with Gasteiger partial charge in [-0.1, -0.05) is 30.3 Å². The van der Waals surface area contributed by atoms with Crippen LogP contribution in [0, 0.1) is 0 Å². The van der Waals surface area contributed by atoms with Gasteiger partial charge in [0.1, 0.15) is 17.1 Å². The normalized spacial score (nSPS) is 10.2. The minimum Gasteiger partial charge on any atom is -0.506 e. The van der Waals surface area contributed by atoms with Crippen LogP contribution in [0.5, 0.6) is 11.5 Å². The second-order valence-corrected chi connectivity index (χ2v) is 5.99. The van der Waals surface area contributed by atoms with Crippen LogP contribution in [0.2, 0.25) is 0 Å². The number of phenols is 1. The number of esters is 1. The number of methoxy groups -OCH3 is 1. The van der Waals surface area contributed by atoms with Crippen LogP contribution in [0.1, 0.15) is 10.4 Å². The molecule has 0 radical (unpaired) electrons. The van der Waals surface area contributed by atoms with Crippen LogP contribution in [0.15, 0.2) is 60.7 Å². The van der Waals surface area contributed by atoms with E-state index in [0.29, 0.717) is 16.8 Å². The Morgan fingerprint density at radius 1 is 0.966 bits per heavy atom. The third-order valence-electron chi connectivity index (χ3n) is 4.06. The summed E-state index contributed by atoms with van der Waals surface area (Å²) in [6, 6.07) is 15.8. The number of nitrogens with one attached hydrogen (secondary N) is 2. The molecule has 3 aromatic rings. The van der Waals surface area contributed by atoms with Crippen molar-refractivity contribution in [2.24, 2.45) is 0 Å². The molecule has 3 aromatic carbocycles. The number of phenolic OH excluding ortho intramolecular Hbond substituents is 1. The zero-order valence-electron chi connectivity index (χ0n) is 15.5. The van der Waals surface area contributed by atoms with E-state index in [9.17, 15) is 19.5 Å². The van der Waals surface area contributed by atoms with E-state index < -0.39 is 24.5 Å². The summed E-state index contributed by atoms with van der Waals surface area (Å²) < 4.78 is 9.91. The van der Waals surface area contributed by atoms with E-state index in [-0.39, 0.29) is 11.3 Å². The van der Waals surface area contributed by atoms with Gasteiger partial charge in [-0.05, 0) is 35.7 Å². The van der Waals surface area contributed by atoms with Gasteiger partial charge in [0, 0.05) is 11.1 Å². The summed E-state index contributed by atoms with van der Waals surface area (Å²) in [5, 5.41) is 16.0. The van der Waals surface area contributed by atoms with Crippen molar-refractivity contribution < 1.29 is 29.0 Å². The molecule has 0 aliphatic carbocycles. The topological polar surface area (TPSA) is 114 Å². The molecule has 8 nitrogen and oxygen atoms in total. The number of anilines is 1. The Balaban J connectivity index is 1.54. The number of rotatable bonds is 5. The second-order valence-electron chi connectivity index (χ2n) is 5.99. The van der Waals surface area contributed by atoms with E-state index in [2.05, 4.69) is 5.32 Å². The van der Waals surface area contributed by atoms with Crippen molar-refractivity contribution in [2.75, 3.05) is 19.0 Å². The molecular formula is C21H18N2O6. The van der Waals surface area contributed by atoms with Crippen molar-refractivity contribution in [3.63, 3.8) is 0 Å². The number of benzene rings is 3. The predicted molar refractivity (Wildman–Crippen MR) is 106 cm³/mol. The molecule has 148 valence electrons. The number of aromatic hydroxyl groups is 1. The minimum absolute atomic E-state index is 0.0702. The predicted octanol–water partition coefficient (Wildman–Crippen LogP) is 3.06. The van der Waals surface area contributed by atoms with Gasteiger partial charge in [0.2, 0.25) is 0 Å². The van der Waals surface area contributed by atoms with Crippen LogP contribution in [0.3, 0.4) is 0 Å². The molecule has 0 unspecified atom stereocenters. The molecule has 3 amide bonds. The molecule has 3 rings (SSSR count). The van der Waals surface area contributed by atoms with Gasteiger partial charge >= 0.3 is 12.0 Å². The standard InChI is InChI=1S/C21H18N2O6/c1-28-15-9-7-14(8-10-15)22-21(27)23-18(24)12-29-20(26)17-11-6-13-4-2-3-5-16(13)19(17)25/h2-11,25H,12H2,1H3,(H2,22,23,24,27). The number of carbonyl (C=O) groups excluding carboxylic acids is 3. The molecule has 0 saturated heterocycles. The Labute approximate surface area is 166 Å². The molecule has 29 heavy (non-hydrogen) atoms. The summed E-state index contributed by atoms with van der Waals surface area (Å²) in [6.07, 6.45) is 0. The maximum Gasteiger partial charge on any atom is 0.342 e. The zero-order chi connectivity index (χ0) is 20.8. The number of urea groups is 1. The van der Waals surface area contributed by atoms with Gasteiger partial charge in [0.05, 0.1) is 7.11 Å². The van der Waals surface area contributed by atoms with Gasteiger partial charge < -0.3 is 19.9 Å². The lowest BCUT2D eigenvalue weighted by molar-refractivity contribution is -0.123. The van der Waals surface area contributed by atoms with Gasteiger partial charge in [0.15, 0.2) is 6.61 Å². The highest BCUT2D eigenvalue weighted by molar-refractivity contribution is 6.04. The molecule has 3 N–H and O–H groups in total. The number of amides is 3. The van der Waals surface area contributed by atoms with E-state index in [1.807, 2.05) is 5.32 Å². The van der Waals surface area contributed by atoms with Crippen molar-refractivity contribution in [2.45, 2.75) is 0 Å². The molecule has 0 aliphatic rings. The van der Waals surface area contributed by atoms with E-state index in [0.717, 1.165) is 5.39 Å². The highest BCUT2D eigenvalue weighted by Crippen LogP contribution is 2.28. The minimum atomic E-state index is -0.876. The summed E-state index contributed by atoms with van der Waals surface area (Å²) >= 11 is 0. The van der Waals surface area contributed by atoms with Crippen LogP contribution in [0.25, 0.3) is 10.8 Å². The highest BCUT2D eigenvalue weighted by atomic mass is 16.5. The van der Waals surface area contributed by atoms with Gasteiger partial charge in [0.25, 0.3) is 5.91 Å². The first kappa shape index (κ1) is 19.7. The SMILES string of the molecule is COc1ccc(NC(=O)NC(=O)COC(=O)c2ccc3ccccc3c2O)cc1. The fourth-order valence-corrected chi connectivity index (χ4v) is 2.63. The van der Waals surface area contributed by atoms with Crippen molar-refractivity contribution >= 4 is 34.4 Å². The van der Waals surface area contributed by atoms with Gasteiger partial charge in [-0.2, -0.15) is 0 Å². The quantitative estimate of drug-likeness (QED) is 0.573. The molecule has 8 heteroatoms. The molecule has 0 fully saturated rings. The molecule has 0 atom stereocenters. The van der Waals surface area contributed by atoms with E-state index >= 15 is 0 Å². The Morgan fingerprint density at radius 2 is 1.69 bits per heavy atom. The zero-order valence-corrected chi connectivity index (χ0v) is 15.5. The van der Waals surface area contributed by atoms with E-state index in [4.69, 9.17) is 9.47 Å². The summed E-state index contributed by atoms with van der Waals surface area (Å²) in [4.78, 5) is 35.9. The maximum atomic E-state index is 12.2. The molecule has 0 aromatic heterocycles. The third kappa shape index (κ3) is 4.81. The molecule has 0 bridgehead atoms. The lowest BCUT2D eigenvalue weighted by Crippen LogP contribution is -2.37. The first-order chi connectivity index (χ1) is 14.0. The van der Waals surface area contributed by atoms with Gasteiger partial charge in [-0.25, -0.2) is 9.59 Å². The van der Waals surface area contributed by atoms with Crippen molar-refractivity contribution in [1.82, 2.24) is 5.32 Å². The third-order valence-corrected chi connectivity index (χ3v) is 4.06. The van der Waals surface area contributed by atoms with Crippen LogP contribution < -0.4 is 15.4 Å². The lowest BCUT2D eigenvalue weighted by atomic mass is 10.1. The number of hydrogen-bond acceptors (Lipinski definition) is 6. The lowest BCUT2D eigenvalue weighted by Gasteiger charge is -2.09. The van der Waals surface area contributed by atoms with Crippen LogP contribution in [-0.2, 0) is 9.53 Å². The van der Waals surface area contributed by atoms with Crippen LogP contribution in [0.4, 0.5) is 10.5 Å². The number of hydrogen-bond donors (Lipinski definition) is 3. The number of imide groups is 1. The fraction of sp³-hybridized carbons (Fsp3) is 0.0952. The Bertz CT molecular complexity index is 1060. The average molecular weight is 394 g/mol. The second kappa shape index (κ2) is 8.75. The summed E-state index contributed by atoms with van der Waals surface area (Å²) in [5.41, 5.74) is 0.383. The van der Waals surface area contributed by atoms with Crippen molar-refractivity contribution in [3.8, 4) is 11.5 Å². The van der Waals surface area contributed by atoms with Crippen molar-refractivity contribution in [1.29, 1.82) is 0 Å². The number of ether oxygens (including phenoxy) is 2. The molecule has 0 heterocycles. The fourth-order valence-electron chi connectivity index (χ4n) is 2.63. The number of fused-ring (bicyclic) bond motifs is 1. The Kier molecular flexibility index (Phi) is 5.94. The Morgan fingerprint density at radius 3 is 2.41 bits per heavy atom. The largest absolute Gasteiger partial charge is 0.506 e. The van der Waals surface area contributed by atoms with Gasteiger partial charge in [-0.15, -0.1) is 0 Å². The van der Waals surface area contributed by atoms with E-state index in [1.54, 1.807) is 54.6 Å². The highest BCUT2D eigenvalue weighted by Gasteiger charge is 2.17. The maximum absolute atomic E-state index is 12.2. The first-order valence-electron chi connectivity index (χ1n) is 8.60. The molecule has 0 aliphatic heterocycles. The molecule has 0 saturated carbocycles. The van der Waals surface area contributed by atoms with Crippen LogP contribution >= 0.6 is 0 Å². The average Bonchev–Trinajstić information content (AvgIpc) is 2.73. The van der Waals surface area contributed by atoms with E-state index in [1.165, 1.54) is 13.2 Å². The molecule has 0 spiro atoms. The number of carbonyl (C=O) groups is 3. The van der Waals surface area contributed by atoms with Crippen molar-refractivity contribution in [3.05, 3.63) is 66.2 Å². The first-order valence-corrected chi connectivity index (χ1v) is 8.60. The Hall–Kier alpha value is -4.07. The smallest absolute Gasteiger partial charge is 0.342 e. The van der Waals surface area contributed by atoms with Crippen LogP contribution in [-0.4, -0.2) is 36.7 Å². The summed E-state index contributed by atoms with van der Waals surface area (Å²) in [6.45, 7) is -0.679. The molecular weight excluding hydrogens is 376 g/mol. The van der Waals surface area contributed by atoms with Gasteiger partial charge in [-0.3, -0.25) is 10.1 Å².